The number of hydrogen-bond acceptors (Lipinski definition) is 3. The number of urea groups is 1. The van der Waals surface area contributed by atoms with E-state index < -0.39 is 17.4 Å². The zero-order valence-corrected chi connectivity index (χ0v) is 12.5. The number of rotatable bonds is 2. The maximum atomic E-state index is 12.6. The molecule has 0 saturated carbocycles. The lowest BCUT2D eigenvalue weighted by molar-refractivity contribution is -0.148. The number of ether oxygens (including phenoxy) is 1. The molecule has 0 radical (unpaired) electrons. The number of hydrogen-bond donors (Lipinski definition) is 1. The van der Waals surface area contributed by atoms with E-state index in [1.807, 2.05) is 13.8 Å². The maximum absolute atomic E-state index is 12.6. The van der Waals surface area contributed by atoms with Crippen molar-refractivity contribution >= 4 is 12.0 Å². The van der Waals surface area contributed by atoms with Crippen LogP contribution in [-0.4, -0.2) is 65.8 Å². The fourth-order valence-corrected chi connectivity index (χ4v) is 3.25. The average molecular weight is 284 g/mol. The molecule has 0 bridgehead atoms. The van der Waals surface area contributed by atoms with Gasteiger partial charge in [0.05, 0.1) is 12.6 Å². The number of carboxylic acids is 1. The highest BCUT2D eigenvalue weighted by Gasteiger charge is 2.45. The molecule has 2 amide bonds. The Balaban J connectivity index is 2.15. The molecule has 2 unspecified atom stereocenters. The number of carboxylic acid groups (broad SMARTS) is 1. The zero-order valence-electron chi connectivity index (χ0n) is 12.5. The van der Waals surface area contributed by atoms with Gasteiger partial charge in [-0.05, 0) is 24.7 Å². The molecule has 2 heterocycles. The van der Waals surface area contributed by atoms with E-state index in [1.165, 1.54) is 4.90 Å². The topological polar surface area (TPSA) is 70.1 Å². The highest BCUT2D eigenvalue weighted by Crippen LogP contribution is 2.36. The first kappa shape index (κ1) is 15.1. The van der Waals surface area contributed by atoms with Crippen LogP contribution in [0.5, 0.6) is 0 Å². The molecule has 114 valence electrons. The summed E-state index contributed by atoms with van der Waals surface area (Å²) in [6.07, 6.45) is 2.48. The minimum atomic E-state index is -0.917. The van der Waals surface area contributed by atoms with Crippen molar-refractivity contribution in [3.8, 4) is 0 Å². The smallest absolute Gasteiger partial charge is 0.327 e. The van der Waals surface area contributed by atoms with Crippen molar-refractivity contribution in [2.24, 2.45) is 5.41 Å². The SMILES string of the molecule is CN(C(=O)N1CCCC(C)(C)C1C(=O)O)C1CCOC1. The third-order valence-corrected chi connectivity index (χ3v) is 4.51. The summed E-state index contributed by atoms with van der Waals surface area (Å²) in [6.45, 7) is 5.55. The van der Waals surface area contributed by atoms with Crippen LogP contribution in [0.1, 0.15) is 33.1 Å². The Hall–Kier alpha value is -1.30. The quantitative estimate of drug-likeness (QED) is 0.832. The van der Waals surface area contributed by atoms with Crippen LogP contribution in [0.15, 0.2) is 0 Å². The number of likely N-dealkylation sites (tertiary alicyclic amines) is 1. The second kappa shape index (κ2) is 5.60. The van der Waals surface area contributed by atoms with E-state index in [4.69, 9.17) is 4.74 Å². The molecule has 6 nitrogen and oxygen atoms in total. The molecular weight excluding hydrogens is 260 g/mol. The Morgan fingerprint density at radius 3 is 2.65 bits per heavy atom. The molecule has 0 aromatic rings. The van der Waals surface area contributed by atoms with Gasteiger partial charge in [-0.3, -0.25) is 0 Å². The second-order valence-corrected chi connectivity index (χ2v) is 6.44. The number of aliphatic carboxylic acids is 1. The van der Waals surface area contributed by atoms with Crippen LogP contribution >= 0.6 is 0 Å². The Labute approximate surface area is 119 Å². The summed E-state index contributed by atoms with van der Waals surface area (Å²) in [5.41, 5.74) is -0.396. The first-order valence-corrected chi connectivity index (χ1v) is 7.18. The van der Waals surface area contributed by atoms with Crippen molar-refractivity contribution in [3.63, 3.8) is 0 Å². The maximum Gasteiger partial charge on any atom is 0.327 e. The van der Waals surface area contributed by atoms with Crippen molar-refractivity contribution in [2.45, 2.75) is 45.2 Å². The zero-order chi connectivity index (χ0) is 14.9. The molecule has 2 atom stereocenters. The van der Waals surface area contributed by atoms with Gasteiger partial charge < -0.3 is 19.6 Å². The van der Waals surface area contributed by atoms with Crippen molar-refractivity contribution in [1.82, 2.24) is 9.80 Å². The Bertz CT molecular complexity index is 391. The van der Waals surface area contributed by atoms with E-state index in [-0.39, 0.29) is 12.1 Å². The number of likely N-dealkylation sites (N-methyl/N-ethyl adjacent to an activating group) is 1. The van der Waals surface area contributed by atoms with E-state index in [1.54, 1.807) is 11.9 Å². The van der Waals surface area contributed by atoms with Gasteiger partial charge in [0.15, 0.2) is 0 Å². The molecule has 6 heteroatoms. The molecular formula is C14H24N2O4. The number of nitrogens with zero attached hydrogens (tertiary/aromatic N) is 2. The molecule has 2 rings (SSSR count). The molecule has 2 saturated heterocycles. The first-order chi connectivity index (χ1) is 9.34. The average Bonchev–Trinajstić information content (AvgIpc) is 2.88. The van der Waals surface area contributed by atoms with E-state index in [0.29, 0.717) is 19.8 Å². The van der Waals surface area contributed by atoms with Gasteiger partial charge in [0.25, 0.3) is 0 Å². The minimum Gasteiger partial charge on any atom is -0.480 e. The number of carbonyl (C=O) groups excluding carboxylic acids is 1. The van der Waals surface area contributed by atoms with Crippen molar-refractivity contribution in [3.05, 3.63) is 0 Å². The van der Waals surface area contributed by atoms with Crippen LogP contribution in [0, 0.1) is 5.41 Å². The summed E-state index contributed by atoms with van der Waals surface area (Å²) in [4.78, 5) is 27.4. The molecule has 2 aliphatic heterocycles. The third kappa shape index (κ3) is 2.75. The third-order valence-electron chi connectivity index (χ3n) is 4.51. The van der Waals surface area contributed by atoms with Crippen molar-refractivity contribution in [2.75, 3.05) is 26.8 Å². The molecule has 0 aromatic carbocycles. The van der Waals surface area contributed by atoms with Gasteiger partial charge >= 0.3 is 12.0 Å². The van der Waals surface area contributed by atoms with Crippen molar-refractivity contribution in [1.29, 1.82) is 0 Å². The first-order valence-electron chi connectivity index (χ1n) is 7.18. The lowest BCUT2D eigenvalue weighted by atomic mass is 9.76. The fourth-order valence-electron chi connectivity index (χ4n) is 3.25. The lowest BCUT2D eigenvalue weighted by Crippen LogP contribution is -2.60. The molecule has 0 aromatic heterocycles. The number of amides is 2. The predicted octanol–water partition coefficient (Wildman–Crippen LogP) is 1.40. The summed E-state index contributed by atoms with van der Waals surface area (Å²) >= 11 is 0. The summed E-state index contributed by atoms with van der Waals surface area (Å²) in [5, 5.41) is 9.50. The highest BCUT2D eigenvalue weighted by molar-refractivity contribution is 5.83. The summed E-state index contributed by atoms with van der Waals surface area (Å²) < 4.78 is 5.30. The van der Waals surface area contributed by atoms with Crippen LogP contribution in [0.25, 0.3) is 0 Å². The van der Waals surface area contributed by atoms with Gasteiger partial charge in [-0.15, -0.1) is 0 Å². The monoisotopic (exact) mass is 284 g/mol. The Morgan fingerprint density at radius 1 is 1.40 bits per heavy atom. The highest BCUT2D eigenvalue weighted by atomic mass is 16.5. The van der Waals surface area contributed by atoms with Gasteiger partial charge in [0, 0.05) is 20.2 Å². The summed E-state index contributed by atoms with van der Waals surface area (Å²) in [5.74, 6) is -0.917. The summed E-state index contributed by atoms with van der Waals surface area (Å²) in [6, 6.07) is -0.892. The van der Waals surface area contributed by atoms with E-state index >= 15 is 0 Å². The van der Waals surface area contributed by atoms with Crippen LogP contribution in [-0.2, 0) is 9.53 Å². The molecule has 2 fully saturated rings. The number of piperidine rings is 1. The second-order valence-electron chi connectivity index (χ2n) is 6.44. The van der Waals surface area contributed by atoms with E-state index in [2.05, 4.69) is 0 Å². The largest absolute Gasteiger partial charge is 0.480 e. The van der Waals surface area contributed by atoms with Crippen LogP contribution in [0.4, 0.5) is 4.79 Å². The van der Waals surface area contributed by atoms with Crippen LogP contribution in [0.2, 0.25) is 0 Å². The standard InChI is InChI=1S/C14H24N2O4/c1-14(2)6-4-7-16(11(14)12(17)18)13(19)15(3)10-5-8-20-9-10/h10-11H,4-9H2,1-3H3,(H,17,18). The van der Waals surface area contributed by atoms with Gasteiger partial charge in [-0.2, -0.15) is 0 Å². The minimum absolute atomic E-state index is 0.0574. The van der Waals surface area contributed by atoms with Gasteiger partial charge in [-0.25, -0.2) is 9.59 Å². The number of carbonyl (C=O) groups is 2. The molecule has 2 aliphatic rings. The normalized spacial score (nSPS) is 29.2. The molecule has 0 aliphatic carbocycles. The Kier molecular flexibility index (Phi) is 4.22. The Morgan fingerprint density at radius 2 is 2.10 bits per heavy atom. The summed E-state index contributed by atoms with van der Waals surface area (Å²) in [7, 11) is 1.74. The van der Waals surface area contributed by atoms with E-state index in [0.717, 1.165) is 19.3 Å². The van der Waals surface area contributed by atoms with Gasteiger partial charge in [-0.1, -0.05) is 13.8 Å². The molecule has 20 heavy (non-hydrogen) atoms. The fraction of sp³-hybridized carbons (Fsp3) is 0.857. The predicted molar refractivity (Wildman–Crippen MR) is 73.5 cm³/mol. The van der Waals surface area contributed by atoms with Gasteiger partial charge in [0.2, 0.25) is 0 Å². The molecule has 1 N–H and O–H groups in total. The molecule has 0 spiro atoms. The van der Waals surface area contributed by atoms with Crippen LogP contribution < -0.4 is 0 Å². The van der Waals surface area contributed by atoms with E-state index in [9.17, 15) is 14.7 Å². The van der Waals surface area contributed by atoms with Gasteiger partial charge in [0.1, 0.15) is 6.04 Å². The van der Waals surface area contributed by atoms with Crippen LogP contribution in [0.3, 0.4) is 0 Å². The van der Waals surface area contributed by atoms with Crippen molar-refractivity contribution < 1.29 is 19.4 Å². The lowest BCUT2D eigenvalue weighted by Gasteiger charge is -2.45.